The first-order valence-electron chi connectivity index (χ1n) is 8.97. The van der Waals surface area contributed by atoms with Crippen molar-refractivity contribution >= 4 is 17.6 Å². The number of rotatable bonds is 4. The number of halogens is 1. The van der Waals surface area contributed by atoms with Gasteiger partial charge in [-0.2, -0.15) is 0 Å². The van der Waals surface area contributed by atoms with Gasteiger partial charge in [0.25, 0.3) is 5.91 Å². The normalized spacial score (nSPS) is 14.2. The maximum absolute atomic E-state index is 13.0. The Morgan fingerprint density at radius 3 is 2.26 bits per heavy atom. The first kappa shape index (κ1) is 18.9. The highest BCUT2D eigenvalue weighted by Crippen LogP contribution is 2.17. The number of piperazine rings is 1. The molecule has 6 heteroatoms. The Morgan fingerprint density at radius 1 is 0.963 bits per heavy atom. The third-order valence-electron chi connectivity index (χ3n) is 4.89. The Hall–Kier alpha value is -2.89. The summed E-state index contributed by atoms with van der Waals surface area (Å²) in [6.45, 7) is 6.03. The van der Waals surface area contributed by atoms with Crippen LogP contribution in [-0.4, -0.2) is 49.6 Å². The molecule has 2 aromatic rings. The van der Waals surface area contributed by atoms with Crippen molar-refractivity contribution in [2.45, 2.75) is 13.8 Å². The van der Waals surface area contributed by atoms with Crippen LogP contribution in [0.3, 0.4) is 0 Å². The Labute approximate surface area is 158 Å². The van der Waals surface area contributed by atoms with E-state index < -0.39 is 5.97 Å². The molecular formula is C21H23FN2O3. The highest BCUT2D eigenvalue weighted by molar-refractivity contribution is 5.91. The molecule has 2 aromatic carbocycles. The molecule has 0 spiro atoms. The number of hydrogen-bond acceptors (Lipinski definition) is 4. The van der Waals surface area contributed by atoms with Crippen LogP contribution in [0.5, 0.6) is 0 Å². The molecule has 1 saturated heterocycles. The van der Waals surface area contributed by atoms with E-state index in [-0.39, 0.29) is 18.3 Å². The van der Waals surface area contributed by atoms with Gasteiger partial charge in [0.05, 0.1) is 5.56 Å². The van der Waals surface area contributed by atoms with Crippen molar-refractivity contribution in [3.63, 3.8) is 0 Å². The van der Waals surface area contributed by atoms with Crippen LogP contribution >= 0.6 is 0 Å². The number of amides is 1. The van der Waals surface area contributed by atoms with Gasteiger partial charge in [-0.15, -0.1) is 0 Å². The molecule has 0 N–H and O–H groups in total. The summed E-state index contributed by atoms with van der Waals surface area (Å²) in [5.74, 6) is -0.958. The van der Waals surface area contributed by atoms with E-state index in [1.54, 1.807) is 29.2 Å². The van der Waals surface area contributed by atoms with Crippen molar-refractivity contribution in [2.24, 2.45) is 0 Å². The van der Waals surface area contributed by atoms with E-state index in [2.05, 4.69) is 4.90 Å². The lowest BCUT2D eigenvalue weighted by Gasteiger charge is -2.36. The molecular weight excluding hydrogens is 347 g/mol. The van der Waals surface area contributed by atoms with Crippen molar-refractivity contribution < 1.29 is 18.7 Å². The molecule has 1 heterocycles. The number of esters is 1. The van der Waals surface area contributed by atoms with Crippen LogP contribution in [0.2, 0.25) is 0 Å². The lowest BCUT2D eigenvalue weighted by atomic mass is 10.1. The molecule has 1 aliphatic rings. The van der Waals surface area contributed by atoms with E-state index in [0.29, 0.717) is 31.7 Å². The zero-order chi connectivity index (χ0) is 19.4. The van der Waals surface area contributed by atoms with Crippen molar-refractivity contribution in [2.75, 3.05) is 37.7 Å². The highest BCUT2D eigenvalue weighted by atomic mass is 19.1. The monoisotopic (exact) mass is 370 g/mol. The number of nitrogens with zero attached hydrogens (tertiary/aromatic N) is 2. The van der Waals surface area contributed by atoms with Crippen LogP contribution in [0.1, 0.15) is 21.5 Å². The van der Waals surface area contributed by atoms with Gasteiger partial charge in [0, 0.05) is 31.9 Å². The fourth-order valence-corrected chi connectivity index (χ4v) is 3.04. The highest BCUT2D eigenvalue weighted by Gasteiger charge is 2.22. The molecule has 1 aliphatic heterocycles. The van der Waals surface area contributed by atoms with E-state index in [1.807, 2.05) is 19.9 Å². The summed E-state index contributed by atoms with van der Waals surface area (Å²) < 4.78 is 18.2. The zero-order valence-electron chi connectivity index (χ0n) is 15.6. The quantitative estimate of drug-likeness (QED) is 0.777. The van der Waals surface area contributed by atoms with Crippen molar-refractivity contribution in [1.82, 2.24) is 4.90 Å². The number of ether oxygens (including phenoxy) is 1. The van der Waals surface area contributed by atoms with E-state index in [1.165, 1.54) is 12.1 Å². The molecule has 0 bridgehead atoms. The third-order valence-corrected chi connectivity index (χ3v) is 4.89. The molecule has 0 atom stereocenters. The predicted octanol–water partition coefficient (Wildman–Crippen LogP) is 2.95. The Kier molecular flexibility index (Phi) is 5.74. The summed E-state index contributed by atoms with van der Waals surface area (Å²) in [7, 11) is 0. The lowest BCUT2D eigenvalue weighted by molar-refractivity contribution is -0.134. The van der Waals surface area contributed by atoms with E-state index >= 15 is 0 Å². The molecule has 1 amide bonds. The van der Waals surface area contributed by atoms with Crippen molar-refractivity contribution in [1.29, 1.82) is 0 Å². The Morgan fingerprint density at radius 2 is 1.63 bits per heavy atom. The van der Waals surface area contributed by atoms with Gasteiger partial charge in [0.2, 0.25) is 0 Å². The lowest BCUT2D eigenvalue weighted by Crippen LogP contribution is -2.49. The standard InChI is InChI=1S/C21H23FN2O3/c1-15-3-4-17(13-16(15)2)21(26)27-14-20(25)24-11-9-23(10-12-24)19-7-5-18(22)6-8-19/h3-8,13H,9-12,14H2,1-2H3. The molecule has 0 aromatic heterocycles. The number of hydrogen-bond donors (Lipinski definition) is 0. The fourth-order valence-electron chi connectivity index (χ4n) is 3.04. The molecule has 142 valence electrons. The van der Waals surface area contributed by atoms with Crippen molar-refractivity contribution in [3.05, 3.63) is 65.0 Å². The largest absolute Gasteiger partial charge is 0.452 e. The summed E-state index contributed by atoms with van der Waals surface area (Å²) in [6.07, 6.45) is 0. The van der Waals surface area contributed by atoms with E-state index in [9.17, 15) is 14.0 Å². The number of benzene rings is 2. The topological polar surface area (TPSA) is 49.9 Å². The fraction of sp³-hybridized carbons (Fsp3) is 0.333. The molecule has 0 unspecified atom stereocenters. The van der Waals surface area contributed by atoms with Crippen LogP contribution < -0.4 is 4.90 Å². The summed E-state index contributed by atoms with van der Waals surface area (Å²) in [5, 5.41) is 0. The molecule has 27 heavy (non-hydrogen) atoms. The number of carbonyl (C=O) groups excluding carboxylic acids is 2. The van der Waals surface area contributed by atoms with Crippen LogP contribution in [0.25, 0.3) is 0 Å². The second kappa shape index (κ2) is 8.20. The van der Waals surface area contributed by atoms with Gasteiger partial charge in [0.1, 0.15) is 5.82 Å². The van der Waals surface area contributed by atoms with Crippen LogP contribution in [0.15, 0.2) is 42.5 Å². The van der Waals surface area contributed by atoms with Gasteiger partial charge in [-0.1, -0.05) is 6.07 Å². The first-order chi connectivity index (χ1) is 12.9. The van der Waals surface area contributed by atoms with Gasteiger partial charge >= 0.3 is 5.97 Å². The summed E-state index contributed by atoms with van der Waals surface area (Å²) in [5.41, 5.74) is 3.49. The minimum Gasteiger partial charge on any atom is -0.452 e. The van der Waals surface area contributed by atoms with Crippen LogP contribution in [0, 0.1) is 19.7 Å². The van der Waals surface area contributed by atoms with Gasteiger partial charge < -0.3 is 14.5 Å². The molecule has 0 aliphatic carbocycles. The number of carbonyl (C=O) groups is 2. The average Bonchev–Trinajstić information content (AvgIpc) is 2.68. The Bertz CT molecular complexity index is 828. The van der Waals surface area contributed by atoms with Crippen LogP contribution in [0.4, 0.5) is 10.1 Å². The maximum atomic E-state index is 13.0. The number of aryl methyl sites for hydroxylation is 2. The second-order valence-electron chi connectivity index (χ2n) is 6.72. The van der Waals surface area contributed by atoms with Gasteiger partial charge in [0.15, 0.2) is 6.61 Å². The van der Waals surface area contributed by atoms with E-state index in [0.717, 1.165) is 16.8 Å². The zero-order valence-corrected chi connectivity index (χ0v) is 15.6. The second-order valence-corrected chi connectivity index (χ2v) is 6.72. The minimum atomic E-state index is -0.489. The molecule has 0 saturated carbocycles. The summed E-state index contributed by atoms with van der Waals surface area (Å²) in [6, 6.07) is 11.7. The Balaban J connectivity index is 1.48. The third kappa shape index (κ3) is 4.64. The van der Waals surface area contributed by atoms with Crippen molar-refractivity contribution in [3.8, 4) is 0 Å². The maximum Gasteiger partial charge on any atom is 0.338 e. The molecule has 5 nitrogen and oxygen atoms in total. The van der Waals surface area contributed by atoms with Gasteiger partial charge in [-0.05, 0) is 61.4 Å². The minimum absolute atomic E-state index is 0.203. The first-order valence-corrected chi connectivity index (χ1v) is 8.97. The SMILES string of the molecule is Cc1ccc(C(=O)OCC(=O)N2CCN(c3ccc(F)cc3)CC2)cc1C. The van der Waals surface area contributed by atoms with E-state index in [4.69, 9.17) is 4.74 Å². The molecule has 1 fully saturated rings. The van der Waals surface area contributed by atoms with Gasteiger partial charge in [-0.3, -0.25) is 4.79 Å². The summed E-state index contributed by atoms with van der Waals surface area (Å²) >= 11 is 0. The predicted molar refractivity (Wildman–Crippen MR) is 101 cm³/mol. The smallest absolute Gasteiger partial charge is 0.338 e. The molecule has 0 radical (unpaired) electrons. The number of anilines is 1. The average molecular weight is 370 g/mol. The molecule has 3 rings (SSSR count). The van der Waals surface area contributed by atoms with Crippen LogP contribution in [-0.2, 0) is 9.53 Å². The summed E-state index contributed by atoms with van der Waals surface area (Å²) in [4.78, 5) is 28.2. The van der Waals surface area contributed by atoms with Gasteiger partial charge in [-0.25, -0.2) is 9.18 Å².